The molecule has 0 N–H and O–H groups in total. The van der Waals surface area contributed by atoms with E-state index in [1.165, 1.54) is 11.1 Å². The molecule has 0 unspecified atom stereocenters. The SMILES string of the molecule is Cc1ccc2ncc(-c3nc4cc(C)ccc4nc3-c3ccc4cc(C)ccc4n3)cc2c1. The van der Waals surface area contributed by atoms with Gasteiger partial charge in [-0.15, -0.1) is 0 Å². The van der Waals surface area contributed by atoms with Crippen molar-refractivity contribution in [3.63, 3.8) is 0 Å². The average Bonchev–Trinajstić information content (AvgIpc) is 2.82. The van der Waals surface area contributed by atoms with E-state index in [-0.39, 0.29) is 0 Å². The molecule has 4 nitrogen and oxygen atoms in total. The number of aryl methyl sites for hydroxylation is 3. The van der Waals surface area contributed by atoms with Gasteiger partial charge in [-0.25, -0.2) is 15.0 Å². The van der Waals surface area contributed by atoms with Gasteiger partial charge in [-0.1, -0.05) is 35.4 Å². The van der Waals surface area contributed by atoms with Crippen molar-refractivity contribution in [2.75, 3.05) is 0 Å². The second-order valence-electron chi connectivity index (χ2n) is 8.73. The first-order chi connectivity index (χ1) is 16.0. The highest BCUT2D eigenvalue weighted by atomic mass is 14.9. The van der Waals surface area contributed by atoms with Crippen LogP contribution in [0.3, 0.4) is 0 Å². The van der Waals surface area contributed by atoms with Gasteiger partial charge in [-0.05, 0) is 74.9 Å². The summed E-state index contributed by atoms with van der Waals surface area (Å²) in [6, 6.07) is 25.0. The Kier molecular flexibility index (Phi) is 4.40. The maximum atomic E-state index is 5.06. The third kappa shape index (κ3) is 3.50. The summed E-state index contributed by atoms with van der Waals surface area (Å²) in [7, 11) is 0. The molecule has 0 saturated heterocycles. The van der Waals surface area contributed by atoms with Crippen LogP contribution < -0.4 is 0 Å². The second-order valence-corrected chi connectivity index (χ2v) is 8.73. The van der Waals surface area contributed by atoms with Crippen molar-refractivity contribution in [3.05, 3.63) is 95.7 Å². The zero-order chi connectivity index (χ0) is 22.5. The lowest BCUT2D eigenvalue weighted by Gasteiger charge is -2.12. The van der Waals surface area contributed by atoms with Crippen LogP contribution in [0.4, 0.5) is 0 Å². The highest BCUT2D eigenvalue weighted by Gasteiger charge is 2.16. The van der Waals surface area contributed by atoms with E-state index in [9.17, 15) is 0 Å². The molecule has 0 radical (unpaired) electrons. The normalized spacial score (nSPS) is 11.5. The van der Waals surface area contributed by atoms with Crippen LogP contribution in [0, 0.1) is 20.8 Å². The van der Waals surface area contributed by atoms with Gasteiger partial charge in [0.2, 0.25) is 0 Å². The summed E-state index contributed by atoms with van der Waals surface area (Å²) in [5.41, 5.74) is 10.5. The average molecular weight is 427 g/mol. The molecule has 0 aliphatic rings. The van der Waals surface area contributed by atoms with E-state index in [0.717, 1.165) is 61.0 Å². The molecule has 0 spiro atoms. The van der Waals surface area contributed by atoms with E-state index in [1.807, 2.05) is 18.3 Å². The van der Waals surface area contributed by atoms with Gasteiger partial charge >= 0.3 is 0 Å². The lowest BCUT2D eigenvalue weighted by Crippen LogP contribution is -1.98. The van der Waals surface area contributed by atoms with Crippen LogP contribution in [0.1, 0.15) is 16.7 Å². The molecule has 4 heteroatoms. The molecule has 33 heavy (non-hydrogen) atoms. The Morgan fingerprint density at radius 1 is 0.485 bits per heavy atom. The topological polar surface area (TPSA) is 51.6 Å². The van der Waals surface area contributed by atoms with Crippen LogP contribution in [0.5, 0.6) is 0 Å². The van der Waals surface area contributed by atoms with Crippen LogP contribution in [-0.2, 0) is 0 Å². The minimum absolute atomic E-state index is 0.766. The quantitative estimate of drug-likeness (QED) is 0.299. The molecule has 0 bridgehead atoms. The highest BCUT2D eigenvalue weighted by molar-refractivity contribution is 5.91. The third-order valence-electron chi connectivity index (χ3n) is 6.02. The molecular weight excluding hydrogens is 404 g/mol. The van der Waals surface area contributed by atoms with Gasteiger partial charge in [0.05, 0.1) is 27.8 Å². The largest absolute Gasteiger partial charge is 0.256 e. The third-order valence-corrected chi connectivity index (χ3v) is 6.02. The van der Waals surface area contributed by atoms with E-state index >= 15 is 0 Å². The van der Waals surface area contributed by atoms with Crippen molar-refractivity contribution in [1.82, 2.24) is 19.9 Å². The summed E-state index contributed by atoms with van der Waals surface area (Å²) in [4.78, 5) is 19.7. The van der Waals surface area contributed by atoms with Crippen molar-refractivity contribution >= 4 is 32.8 Å². The lowest BCUT2D eigenvalue weighted by molar-refractivity contribution is 1.24. The Morgan fingerprint density at radius 2 is 1.15 bits per heavy atom. The molecule has 6 rings (SSSR count). The number of fused-ring (bicyclic) bond motifs is 3. The van der Waals surface area contributed by atoms with Gasteiger partial charge in [0, 0.05) is 22.5 Å². The number of aromatic nitrogens is 4. The highest BCUT2D eigenvalue weighted by Crippen LogP contribution is 2.32. The maximum Gasteiger partial charge on any atom is 0.116 e. The first kappa shape index (κ1) is 19.5. The fourth-order valence-electron chi connectivity index (χ4n) is 4.30. The fourth-order valence-corrected chi connectivity index (χ4v) is 4.30. The molecular formula is C29H22N4. The molecule has 0 atom stereocenters. The van der Waals surface area contributed by atoms with Gasteiger partial charge in [0.25, 0.3) is 0 Å². The lowest BCUT2D eigenvalue weighted by atomic mass is 10.0. The number of pyridine rings is 2. The molecule has 158 valence electrons. The van der Waals surface area contributed by atoms with Crippen molar-refractivity contribution in [3.8, 4) is 22.6 Å². The predicted molar refractivity (Wildman–Crippen MR) is 135 cm³/mol. The Labute approximate surface area is 192 Å². The molecule has 3 heterocycles. The van der Waals surface area contributed by atoms with E-state index in [1.54, 1.807) is 0 Å². The van der Waals surface area contributed by atoms with E-state index in [0.29, 0.717) is 0 Å². The van der Waals surface area contributed by atoms with E-state index < -0.39 is 0 Å². The van der Waals surface area contributed by atoms with Crippen molar-refractivity contribution in [2.24, 2.45) is 0 Å². The number of hydrogen-bond acceptors (Lipinski definition) is 4. The summed E-state index contributed by atoms with van der Waals surface area (Å²) >= 11 is 0. The molecule has 3 aromatic heterocycles. The number of rotatable bonds is 2. The smallest absolute Gasteiger partial charge is 0.116 e. The Balaban J connectivity index is 1.63. The summed E-state index contributed by atoms with van der Waals surface area (Å²) < 4.78 is 0. The summed E-state index contributed by atoms with van der Waals surface area (Å²) in [5.74, 6) is 0. The standard InChI is InChI=1S/C29H22N4/c1-17-5-9-24-20(12-17)7-11-26(31-24)29-28(33-27-14-19(3)6-10-25(27)32-29)22-15-21-13-18(2)4-8-23(21)30-16-22/h4-16H,1-3H3. The number of benzene rings is 3. The zero-order valence-electron chi connectivity index (χ0n) is 18.8. The molecule has 0 amide bonds. The Bertz CT molecular complexity index is 1700. The first-order valence-corrected chi connectivity index (χ1v) is 11.1. The van der Waals surface area contributed by atoms with E-state index in [2.05, 4.69) is 81.4 Å². The van der Waals surface area contributed by atoms with E-state index in [4.69, 9.17) is 19.9 Å². The minimum Gasteiger partial charge on any atom is -0.256 e. The molecule has 0 saturated carbocycles. The van der Waals surface area contributed by atoms with Gasteiger partial charge in [0.1, 0.15) is 11.4 Å². The summed E-state index contributed by atoms with van der Waals surface area (Å²) in [6.07, 6.45) is 1.89. The Hall–Kier alpha value is -4.18. The molecule has 0 aliphatic heterocycles. The second kappa shape index (κ2) is 7.45. The number of nitrogens with zero attached hydrogens (tertiary/aromatic N) is 4. The molecule has 0 aliphatic carbocycles. The van der Waals surface area contributed by atoms with Gasteiger partial charge in [0.15, 0.2) is 0 Å². The van der Waals surface area contributed by atoms with Crippen LogP contribution in [0.25, 0.3) is 55.5 Å². The molecule has 6 aromatic rings. The Morgan fingerprint density at radius 3 is 1.97 bits per heavy atom. The van der Waals surface area contributed by atoms with Crippen LogP contribution in [0.2, 0.25) is 0 Å². The monoisotopic (exact) mass is 426 g/mol. The van der Waals surface area contributed by atoms with Crippen LogP contribution >= 0.6 is 0 Å². The van der Waals surface area contributed by atoms with Gasteiger partial charge in [-0.3, -0.25) is 4.98 Å². The molecule has 0 fully saturated rings. The predicted octanol–water partition coefficient (Wildman–Crippen LogP) is 6.99. The van der Waals surface area contributed by atoms with Crippen LogP contribution in [-0.4, -0.2) is 19.9 Å². The van der Waals surface area contributed by atoms with Crippen molar-refractivity contribution < 1.29 is 0 Å². The fraction of sp³-hybridized carbons (Fsp3) is 0.103. The maximum absolute atomic E-state index is 5.06. The zero-order valence-corrected chi connectivity index (χ0v) is 18.8. The van der Waals surface area contributed by atoms with Crippen molar-refractivity contribution in [1.29, 1.82) is 0 Å². The first-order valence-electron chi connectivity index (χ1n) is 11.1. The van der Waals surface area contributed by atoms with Crippen LogP contribution in [0.15, 0.2) is 79.0 Å². The summed E-state index contributed by atoms with van der Waals surface area (Å²) in [6.45, 7) is 6.26. The number of hydrogen-bond donors (Lipinski definition) is 0. The molecule has 3 aromatic carbocycles. The van der Waals surface area contributed by atoms with Gasteiger partial charge in [-0.2, -0.15) is 0 Å². The summed E-state index contributed by atoms with van der Waals surface area (Å²) in [5, 5.41) is 2.21. The van der Waals surface area contributed by atoms with Crippen molar-refractivity contribution in [2.45, 2.75) is 20.8 Å². The minimum atomic E-state index is 0.766. The van der Waals surface area contributed by atoms with Gasteiger partial charge < -0.3 is 0 Å².